The Bertz CT molecular complexity index is 371. The summed E-state index contributed by atoms with van der Waals surface area (Å²) in [5.41, 5.74) is 0. The second kappa shape index (κ2) is 9.94. The van der Waals surface area contributed by atoms with Crippen molar-refractivity contribution in [1.29, 1.82) is 0 Å². The Morgan fingerprint density at radius 1 is 1.09 bits per heavy atom. The summed E-state index contributed by atoms with van der Waals surface area (Å²) in [5, 5.41) is 4.63. The Hall–Kier alpha value is -0.950. The van der Waals surface area contributed by atoms with Gasteiger partial charge in [0.15, 0.2) is 5.96 Å². The van der Waals surface area contributed by atoms with Crippen molar-refractivity contribution in [2.24, 2.45) is 4.99 Å². The normalized spacial score (nSPS) is 12.5. The lowest BCUT2D eigenvalue weighted by Crippen LogP contribution is -2.46. The molecule has 1 amide bonds. The van der Waals surface area contributed by atoms with Crippen LogP contribution in [0.2, 0.25) is 0 Å². The lowest BCUT2D eigenvalue weighted by molar-refractivity contribution is -0.157. The molecule has 12 heteroatoms. The van der Waals surface area contributed by atoms with E-state index in [0.717, 1.165) is 7.05 Å². The molecule has 0 aliphatic carbocycles. The van der Waals surface area contributed by atoms with Gasteiger partial charge in [-0.05, 0) is 0 Å². The highest BCUT2D eigenvalue weighted by atomic mass is 127. The van der Waals surface area contributed by atoms with Gasteiger partial charge in [0, 0.05) is 20.6 Å². The van der Waals surface area contributed by atoms with Gasteiger partial charge in [-0.25, -0.2) is 0 Å². The first-order valence-corrected chi connectivity index (χ1v) is 5.76. The van der Waals surface area contributed by atoms with Gasteiger partial charge in [-0.3, -0.25) is 9.79 Å². The molecular formula is C10H17F6IN4O. The van der Waals surface area contributed by atoms with Gasteiger partial charge >= 0.3 is 12.4 Å². The molecule has 0 spiro atoms. The predicted octanol–water partition coefficient (Wildman–Crippen LogP) is 1.74. The molecule has 0 radical (unpaired) electrons. The van der Waals surface area contributed by atoms with Crippen LogP contribution in [0, 0.1) is 0 Å². The largest absolute Gasteiger partial charge is 0.406 e. The molecule has 22 heavy (non-hydrogen) atoms. The predicted molar refractivity (Wildman–Crippen MR) is 79.1 cm³/mol. The van der Waals surface area contributed by atoms with Gasteiger partial charge in [-0.15, -0.1) is 24.0 Å². The van der Waals surface area contributed by atoms with Gasteiger partial charge in [0.25, 0.3) is 0 Å². The van der Waals surface area contributed by atoms with Crippen molar-refractivity contribution < 1.29 is 31.1 Å². The smallest absolute Gasteiger partial charge is 0.356 e. The Kier molecular flexibility index (Phi) is 10.5. The molecule has 0 fully saturated rings. The van der Waals surface area contributed by atoms with E-state index in [1.165, 1.54) is 7.05 Å². The number of guanidine groups is 1. The number of carbonyl (C=O) groups excluding carboxylic acids is 1. The summed E-state index contributed by atoms with van der Waals surface area (Å²) in [4.78, 5) is 15.4. The summed E-state index contributed by atoms with van der Waals surface area (Å²) in [7, 11) is 2.23. The molecule has 0 aromatic rings. The Labute approximate surface area is 140 Å². The third-order valence-electron chi connectivity index (χ3n) is 2.17. The number of nitrogens with zero attached hydrogens (tertiary/aromatic N) is 2. The summed E-state index contributed by atoms with van der Waals surface area (Å²) in [6.45, 7) is -2.39. The molecule has 0 aliphatic heterocycles. The van der Waals surface area contributed by atoms with Crippen LogP contribution in [-0.4, -0.2) is 62.8 Å². The average molecular weight is 450 g/mol. The fourth-order valence-electron chi connectivity index (χ4n) is 1.19. The molecule has 0 rings (SSSR count). The van der Waals surface area contributed by atoms with Crippen molar-refractivity contribution in [3.63, 3.8) is 0 Å². The van der Waals surface area contributed by atoms with Gasteiger partial charge in [0.2, 0.25) is 5.91 Å². The van der Waals surface area contributed by atoms with Gasteiger partial charge in [-0.1, -0.05) is 0 Å². The minimum absolute atomic E-state index is 0. The zero-order chi connectivity index (χ0) is 16.7. The summed E-state index contributed by atoms with van der Waals surface area (Å²) in [5.74, 6) is -0.973. The van der Waals surface area contributed by atoms with Crippen LogP contribution in [0.4, 0.5) is 26.3 Å². The number of rotatable bonds is 5. The van der Waals surface area contributed by atoms with E-state index in [0.29, 0.717) is 4.90 Å². The SMILES string of the molecule is CN=C(NCCC(F)(F)F)NCC(=O)N(C)CC(F)(F)F.I. The highest BCUT2D eigenvalue weighted by Crippen LogP contribution is 2.18. The summed E-state index contributed by atoms with van der Waals surface area (Å²) in [6, 6.07) is 0. The number of nitrogens with one attached hydrogen (secondary N) is 2. The zero-order valence-corrected chi connectivity index (χ0v) is 14.1. The van der Waals surface area contributed by atoms with E-state index in [9.17, 15) is 31.1 Å². The van der Waals surface area contributed by atoms with Gasteiger partial charge in [0.1, 0.15) is 6.54 Å². The minimum atomic E-state index is -4.52. The second-order valence-electron chi connectivity index (χ2n) is 4.08. The molecule has 0 bridgehead atoms. The lowest BCUT2D eigenvalue weighted by Gasteiger charge is -2.20. The Balaban J connectivity index is 0. The molecule has 0 atom stereocenters. The molecule has 0 saturated heterocycles. The van der Waals surface area contributed by atoms with E-state index in [1.54, 1.807) is 0 Å². The second-order valence-corrected chi connectivity index (χ2v) is 4.08. The van der Waals surface area contributed by atoms with Crippen molar-refractivity contribution in [1.82, 2.24) is 15.5 Å². The number of carbonyl (C=O) groups is 1. The van der Waals surface area contributed by atoms with Crippen LogP contribution >= 0.6 is 24.0 Å². The van der Waals surface area contributed by atoms with Gasteiger partial charge in [-0.2, -0.15) is 26.3 Å². The average Bonchev–Trinajstić information content (AvgIpc) is 2.29. The van der Waals surface area contributed by atoms with Crippen LogP contribution in [0.25, 0.3) is 0 Å². The monoisotopic (exact) mass is 450 g/mol. The number of hydrogen-bond acceptors (Lipinski definition) is 2. The molecular weight excluding hydrogens is 433 g/mol. The Morgan fingerprint density at radius 3 is 2.05 bits per heavy atom. The van der Waals surface area contributed by atoms with Crippen LogP contribution in [-0.2, 0) is 4.79 Å². The van der Waals surface area contributed by atoms with Crippen LogP contribution in [0.1, 0.15) is 6.42 Å². The van der Waals surface area contributed by atoms with E-state index >= 15 is 0 Å². The van der Waals surface area contributed by atoms with Crippen LogP contribution < -0.4 is 10.6 Å². The number of amides is 1. The van der Waals surface area contributed by atoms with Gasteiger partial charge in [0.05, 0.1) is 13.0 Å². The fourth-order valence-corrected chi connectivity index (χ4v) is 1.19. The molecule has 0 aromatic heterocycles. The number of halogens is 7. The minimum Gasteiger partial charge on any atom is -0.356 e. The molecule has 5 nitrogen and oxygen atoms in total. The van der Waals surface area contributed by atoms with Crippen LogP contribution in [0.5, 0.6) is 0 Å². The molecule has 0 aliphatic rings. The van der Waals surface area contributed by atoms with Crippen molar-refractivity contribution in [3.05, 3.63) is 0 Å². The molecule has 132 valence electrons. The van der Waals surface area contributed by atoms with E-state index in [2.05, 4.69) is 15.6 Å². The first-order valence-electron chi connectivity index (χ1n) is 5.76. The van der Waals surface area contributed by atoms with Crippen molar-refractivity contribution in [3.8, 4) is 0 Å². The van der Waals surface area contributed by atoms with Crippen LogP contribution in [0.3, 0.4) is 0 Å². The maximum absolute atomic E-state index is 12.1. The van der Waals surface area contributed by atoms with E-state index in [-0.39, 0.29) is 29.9 Å². The Morgan fingerprint density at radius 2 is 1.64 bits per heavy atom. The van der Waals surface area contributed by atoms with E-state index in [1.807, 2.05) is 0 Å². The van der Waals surface area contributed by atoms with Gasteiger partial charge < -0.3 is 15.5 Å². The maximum atomic E-state index is 12.1. The summed E-state index contributed by atoms with van der Waals surface area (Å²) >= 11 is 0. The third kappa shape index (κ3) is 12.8. The lowest BCUT2D eigenvalue weighted by atomic mass is 10.4. The molecule has 0 heterocycles. The molecule has 0 saturated carbocycles. The number of likely N-dealkylation sites (N-methyl/N-ethyl adjacent to an activating group) is 1. The van der Waals surface area contributed by atoms with Crippen LogP contribution in [0.15, 0.2) is 4.99 Å². The first kappa shape index (κ1) is 23.3. The van der Waals surface area contributed by atoms with Crippen molar-refractivity contribution >= 4 is 35.8 Å². The maximum Gasteiger partial charge on any atom is 0.406 e. The highest BCUT2D eigenvalue weighted by molar-refractivity contribution is 14.0. The van der Waals surface area contributed by atoms with E-state index in [4.69, 9.17) is 0 Å². The van der Waals surface area contributed by atoms with Crippen molar-refractivity contribution in [2.45, 2.75) is 18.8 Å². The first-order chi connectivity index (χ1) is 9.44. The quantitative estimate of drug-likeness (QED) is 0.291. The topological polar surface area (TPSA) is 56.7 Å². The highest BCUT2D eigenvalue weighted by Gasteiger charge is 2.31. The molecule has 0 aromatic carbocycles. The molecule has 0 unspecified atom stereocenters. The standard InChI is InChI=1S/C10H16F6N4O.HI/c1-17-8(18-4-3-9(11,12)13)19-5-7(21)20(2)6-10(14,15)16;/h3-6H2,1-2H3,(H2,17,18,19);1H. The summed E-state index contributed by atoms with van der Waals surface area (Å²) < 4.78 is 71.9. The fraction of sp³-hybridized carbons (Fsp3) is 0.800. The summed E-state index contributed by atoms with van der Waals surface area (Å²) in [6.07, 6.45) is -9.96. The number of aliphatic imine (C=N–C) groups is 1. The van der Waals surface area contributed by atoms with E-state index < -0.39 is 44.3 Å². The third-order valence-corrected chi connectivity index (χ3v) is 2.17. The number of hydrogen-bond donors (Lipinski definition) is 2. The molecule has 2 N–H and O–H groups in total. The number of alkyl halides is 6. The zero-order valence-electron chi connectivity index (χ0n) is 11.8. The van der Waals surface area contributed by atoms with Crippen molar-refractivity contribution in [2.75, 3.05) is 33.7 Å².